The summed E-state index contributed by atoms with van der Waals surface area (Å²) in [5.41, 5.74) is 0.769. The molecule has 100 valence electrons. The molecule has 5 heteroatoms. The summed E-state index contributed by atoms with van der Waals surface area (Å²) in [5, 5.41) is 3.04. The molecule has 0 atom stereocenters. The largest absolute Gasteiger partial charge is 0.320 e. The third kappa shape index (κ3) is 3.54. The second-order valence-electron chi connectivity index (χ2n) is 4.19. The highest BCUT2D eigenvalue weighted by molar-refractivity contribution is 5.59. The number of nitrogens with zero attached hydrogens (tertiary/aromatic N) is 2. The van der Waals surface area contributed by atoms with Crippen LogP contribution in [0.2, 0.25) is 0 Å². The van der Waals surface area contributed by atoms with Crippen LogP contribution in [0.4, 0.5) is 8.78 Å². The summed E-state index contributed by atoms with van der Waals surface area (Å²) in [5.74, 6) is -0.541. The predicted molar refractivity (Wildman–Crippen MR) is 69.6 cm³/mol. The van der Waals surface area contributed by atoms with Crippen molar-refractivity contribution in [2.75, 3.05) is 13.6 Å². The number of aromatic nitrogens is 2. The summed E-state index contributed by atoms with van der Waals surface area (Å²) in [6.07, 6.45) is 3.23. The molecule has 0 aliphatic rings. The lowest BCUT2D eigenvalue weighted by molar-refractivity contribution is 0.585. The van der Waals surface area contributed by atoms with Crippen LogP contribution in [0.1, 0.15) is 12.2 Å². The average Bonchev–Trinajstić information content (AvgIpc) is 2.39. The molecular weight excluding hydrogens is 248 g/mol. The smallest absolute Gasteiger partial charge is 0.135 e. The molecule has 1 aromatic carbocycles. The highest BCUT2D eigenvalue weighted by Gasteiger charge is 2.08. The van der Waals surface area contributed by atoms with Crippen LogP contribution >= 0.6 is 0 Å². The quantitative estimate of drug-likeness (QED) is 0.842. The number of hydrogen-bond acceptors (Lipinski definition) is 3. The van der Waals surface area contributed by atoms with E-state index < -0.39 is 11.6 Å². The Morgan fingerprint density at radius 1 is 1.21 bits per heavy atom. The van der Waals surface area contributed by atoms with Gasteiger partial charge >= 0.3 is 0 Å². The van der Waals surface area contributed by atoms with Gasteiger partial charge in [-0.05, 0) is 38.2 Å². The van der Waals surface area contributed by atoms with Gasteiger partial charge in [0.25, 0.3) is 0 Å². The Morgan fingerprint density at radius 3 is 2.79 bits per heavy atom. The van der Waals surface area contributed by atoms with Crippen molar-refractivity contribution < 1.29 is 8.78 Å². The van der Waals surface area contributed by atoms with E-state index in [0.717, 1.165) is 25.5 Å². The van der Waals surface area contributed by atoms with E-state index in [1.165, 1.54) is 12.1 Å². The Bertz CT molecular complexity index is 558. The Balaban J connectivity index is 2.22. The molecule has 0 saturated heterocycles. The van der Waals surface area contributed by atoms with Gasteiger partial charge < -0.3 is 5.32 Å². The molecule has 0 aliphatic heterocycles. The fraction of sp³-hybridized carbons (Fsp3) is 0.286. The van der Waals surface area contributed by atoms with E-state index in [4.69, 9.17) is 0 Å². The van der Waals surface area contributed by atoms with Crippen molar-refractivity contribution in [1.82, 2.24) is 15.3 Å². The van der Waals surface area contributed by atoms with Crippen molar-refractivity contribution >= 4 is 0 Å². The molecule has 0 amide bonds. The molecule has 0 radical (unpaired) electrons. The zero-order valence-electron chi connectivity index (χ0n) is 10.7. The molecule has 0 unspecified atom stereocenters. The molecule has 0 spiro atoms. The third-order valence-electron chi connectivity index (χ3n) is 2.74. The zero-order valence-corrected chi connectivity index (χ0v) is 10.7. The number of benzene rings is 1. The van der Waals surface area contributed by atoms with Crippen LogP contribution < -0.4 is 5.32 Å². The van der Waals surface area contributed by atoms with Crippen molar-refractivity contribution in [2.45, 2.75) is 12.8 Å². The van der Waals surface area contributed by atoms with E-state index in [1.54, 1.807) is 12.3 Å². The monoisotopic (exact) mass is 263 g/mol. The minimum atomic E-state index is -0.611. The maximum atomic E-state index is 13.7. The first-order valence-electron chi connectivity index (χ1n) is 6.12. The summed E-state index contributed by atoms with van der Waals surface area (Å²) < 4.78 is 26.5. The molecule has 2 aromatic rings. The summed E-state index contributed by atoms with van der Waals surface area (Å²) in [6, 6.07) is 5.10. The van der Waals surface area contributed by atoms with Crippen molar-refractivity contribution in [2.24, 2.45) is 0 Å². The molecule has 1 aromatic heterocycles. The van der Waals surface area contributed by atoms with E-state index in [0.29, 0.717) is 17.1 Å². The molecule has 0 bridgehead atoms. The van der Waals surface area contributed by atoms with Crippen molar-refractivity contribution in [1.29, 1.82) is 0 Å². The fourth-order valence-electron chi connectivity index (χ4n) is 1.79. The number of halogens is 2. The summed E-state index contributed by atoms with van der Waals surface area (Å²) >= 11 is 0. The topological polar surface area (TPSA) is 37.8 Å². The van der Waals surface area contributed by atoms with Gasteiger partial charge in [0.05, 0.1) is 5.69 Å². The normalized spacial score (nSPS) is 10.7. The Kier molecular flexibility index (Phi) is 4.52. The molecule has 3 nitrogen and oxygen atoms in total. The standard InChI is InChI=1S/C14H15F2N3/c1-17-7-2-3-14-18-8-6-13(19-14)11-5-4-10(15)9-12(11)16/h4-6,8-9,17H,2-3,7H2,1H3. The van der Waals surface area contributed by atoms with Gasteiger partial charge in [-0.25, -0.2) is 18.7 Å². The predicted octanol–water partition coefficient (Wildman–Crippen LogP) is 2.57. The summed E-state index contributed by atoms with van der Waals surface area (Å²) in [7, 11) is 1.88. The number of rotatable bonds is 5. The van der Waals surface area contributed by atoms with Gasteiger partial charge in [0.1, 0.15) is 17.5 Å². The first kappa shape index (κ1) is 13.5. The first-order valence-corrected chi connectivity index (χ1v) is 6.12. The molecular formula is C14H15F2N3. The molecule has 0 saturated carbocycles. The van der Waals surface area contributed by atoms with E-state index in [9.17, 15) is 8.78 Å². The SMILES string of the molecule is CNCCCc1nccc(-c2ccc(F)cc2F)n1. The van der Waals surface area contributed by atoms with Gasteiger partial charge in [-0.3, -0.25) is 0 Å². The number of aryl methyl sites for hydroxylation is 1. The maximum absolute atomic E-state index is 13.7. The number of hydrogen-bond donors (Lipinski definition) is 1. The molecule has 1 N–H and O–H groups in total. The van der Waals surface area contributed by atoms with Gasteiger partial charge in [-0.15, -0.1) is 0 Å². The lowest BCUT2D eigenvalue weighted by Crippen LogP contribution is -2.09. The van der Waals surface area contributed by atoms with E-state index in [-0.39, 0.29) is 0 Å². The highest BCUT2D eigenvalue weighted by Crippen LogP contribution is 2.21. The minimum Gasteiger partial charge on any atom is -0.320 e. The van der Waals surface area contributed by atoms with Crippen LogP contribution in [0.15, 0.2) is 30.5 Å². The van der Waals surface area contributed by atoms with E-state index >= 15 is 0 Å². The van der Waals surface area contributed by atoms with Crippen molar-refractivity contribution in [3.05, 3.63) is 47.9 Å². The van der Waals surface area contributed by atoms with Gasteiger partial charge in [-0.1, -0.05) is 0 Å². The molecule has 0 aliphatic carbocycles. The molecule has 19 heavy (non-hydrogen) atoms. The van der Waals surface area contributed by atoms with Crippen LogP contribution in [0.3, 0.4) is 0 Å². The highest BCUT2D eigenvalue weighted by atomic mass is 19.1. The summed E-state index contributed by atoms with van der Waals surface area (Å²) in [4.78, 5) is 8.45. The number of nitrogens with one attached hydrogen (secondary N) is 1. The Hall–Kier alpha value is -1.88. The second kappa shape index (κ2) is 6.33. The van der Waals surface area contributed by atoms with Crippen LogP contribution in [-0.2, 0) is 6.42 Å². The lowest BCUT2D eigenvalue weighted by atomic mass is 10.1. The van der Waals surface area contributed by atoms with Gasteiger partial charge in [-0.2, -0.15) is 0 Å². The third-order valence-corrected chi connectivity index (χ3v) is 2.74. The van der Waals surface area contributed by atoms with Crippen LogP contribution in [0.25, 0.3) is 11.3 Å². The zero-order chi connectivity index (χ0) is 13.7. The minimum absolute atomic E-state index is 0.290. The second-order valence-corrected chi connectivity index (χ2v) is 4.19. The molecule has 2 rings (SSSR count). The van der Waals surface area contributed by atoms with Crippen LogP contribution in [-0.4, -0.2) is 23.6 Å². The summed E-state index contributed by atoms with van der Waals surface area (Å²) in [6.45, 7) is 0.874. The van der Waals surface area contributed by atoms with E-state index in [2.05, 4.69) is 15.3 Å². The van der Waals surface area contributed by atoms with Gasteiger partial charge in [0.2, 0.25) is 0 Å². The van der Waals surface area contributed by atoms with Crippen LogP contribution in [0.5, 0.6) is 0 Å². The van der Waals surface area contributed by atoms with Gasteiger partial charge in [0, 0.05) is 24.2 Å². The Labute approximate surface area is 110 Å². The van der Waals surface area contributed by atoms with E-state index in [1.807, 2.05) is 7.05 Å². The first-order chi connectivity index (χ1) is 9.20. The lowest BCUT2D eigenvalue weighted by Gasteiger charge is -2.05. The average molecular weight is 263 g/mol. The van der Waals surface area contributed by atoms with Crippen molar-refractivity contribution in [3.63, 3.8) is 0 Å². The Morgan fingerprint density at radius 2 is 2.05 bits per heavy atom. The molecule has 0 fully saturated rings. The maximum Gasteiger partial charge on any atom is 0.135 e. The fourth-order valence-corrected chi connectivity index (χ4v) is 1.79. The van der Waals surface area contributed by atoms with Crippen molar-refractivity contribution in [3.8, 4) is 11.3 Å². The van der Waals surface area contributed by atoms with Gasteiger partial charge in [0.15, 0.2) is 0 Å². The van der Waals surface area contributed by atoms with Crippen LogP contribution in [0, 0.1) is 11.6 Å². The molecule has 1 heterocycles.